The van der Waals surface area contributed by atoms with Gasteiger partial charge in [0.1, 0.15) is 0 Å². The van der Waals surface area contributed by atoms with Crippen molar-refractivity contribution >= 4 is 11.6 Å². The third-order valence-corrected chi connectivity index (χ3v) is 4.81. The summed E-state index contributed by atoms with van der Waals surface area (Å²) in [6, 6.07) is 8.82. The first-order valence-electron chi connectivity index (χ1n) is 7.32. The van der Waals surface area contributed by atoms with Crippen molar-refractivity contribution in [1.29, 1.82) is 0 Å². The van der Waals surface area contributed by atoms with Crippen molar-refractivity contribution in [2.45, 2.75) is 51.7 Å². The molecule has 1 atom stereocenters. The summed E-state index contributed by atoms with van der Waals surface area (Å²) in [6.45, 7) is 10.1. The molecular formula is C16H25ClN2. The third kappa shape index (κ3) is 3.50. The van der Waals surface area contributed by atoms with E-state index >= 15 is 0 Å². The molecule has 106 valence electrons. The van der Waals surface area contributed by atoms with Crippen LogP contribution in [-0.4, -0.2) is 29.6 Å². The molecule has 1 saturated heterocycles. The van der Waals surface area contributed by atoms with Crippen LogP contribution >= 0.6 is 11.6 Å². The van der Waals surface area contributed by atoms with Gasteiger partial charge in [0.25, 0.3) is 0 Å². The van der Waals surface area contributed by atoms with E-state index < -0.39 is 0 Å². The molecule has 0 bridgehead atoms. The SMILES string of the molecule is CCC1(CC)CN(Cc2ccc(Cl)cc2)C(C)CN1. The minimum atomic E-state index is 0.291. The van der Waals surface area contributed by atoms with Crippen LogP contribution in [0.2, 0.25) is 5.02 Å². The van der Waals surface area contributed by atoms with Crippen LogP contribution in [0.3, 0.4) is 0 Å². The lowest BCUT2D eigenvalue weighted by Crippen LogP contribution is -2.62. The summed E-state index contributed by atoms with van der Waals surface area (Å²) in [7, 11) is 0. The lowest BCUT2D eigenvalue weighted by Gasteiger charge is -2.46. The maximum Gasteiger partial charge on any atom is 0.0406 e. The lowest BCUT2D eigenvalue weighted by atomic mass is 9.88. The summed E-state index contributed by atoms with van der Waals surface area (Å²) in [5, 5.41) is 4.56. The topological polar surface area (TPSA) is 15.3 Å². The zero-order chi connectivity index (χ0) is 13.9. The molecule has 0 aliphatic carbocycles. The fourth-order valence-corrected chi connectivity index (χ4v) is 2.98. The summed E-state index contributed by atoms with van der Waals surface area (Å²) < 4.78 is 0. The third-order valence-electron chi connectivity index (χ3n) is 4.55. The maximum atomic E-state index is 5.95. The Kier molecular flexibility index (Phi) is 4.88. The molecule has 1 aromatic rings. The number of benzene rings is 1. The van der Waals surface area contributed by atoms with E-state index in [9.17, 15) is 0 Å². The zero-order valence-electron chi connectivity index (χ0n) is 12.2. The Hall–Kier alpha value is -0.570. The van der Waals surface area contributed by atoms with E-state index in [4.69, 9.17) is 11.6 Å². The van der Waals surface area contributed by atoms with Crippen LogP contribution < -0.4 is 5.32 Å². The van der Waals surface area contributed by atoms with Crippen LogP contribution in [0, 0.1) is 0 Å². The van der Waals surface area contributed by atoms with Crippen LogP contribution in [0.25, 0.3) is 0 Å². The van der Waals surface area contributed by atoms with Crippen LogP contribution in [0.5, 0.6) is 0 Å². The van der Waals surface area contributed by atoms with Crippen molar-refractivity contribution < 1.29 is 0 Å². The van der Waals surface area contributed by atoms with Crippen LogP contribution in [0.15, 0.2) is 24.3 Å². The van der Waals surface area contributed by atoms with E-state index in [-0.39, 0.29) is 0 Å². The van der Waals surface area contributed by atoms with Gasteiger partial charge < -0.3 is 5.32 Å². The average molecular weight is 281 g/mol. The van der Waals surface area contributed by atoms with Gasteiger partial charge in [0.05, 0.1) is 0 Å². The molecule has 1 aliphatic heterocycles. The summed E-state index contributed by atoms with van der Waals surface area (Å²) in [4.78, 5) is 2.59. The van der Waals surface area contributed by atoms with E-state index in [0.717, 1.165) is 24.7 Å². The molecule has 0 amide bonds. The second-order valence-corrected chi connectivity index (χ2v) is 6.19. The smallest absolute Gasteiger partial charge is 0.0406 e. The molecule has 0 saturated carbocycles. The highest BCUT2D eigenvalue weighted by Gasteiger charge is 2.34. The predicted molar refractivity (Wildman–Crippen MR) is 82.6 cm³/mol. The van der Waals surface area contributed by atoms with Crippen molar-refractivity contribution in [3.05, 3.63) is 34.9 Å². The molecule has 19 heavy (non-hydrogen) atoms. The number of nitrogens with one attached hydrogen (secondary N) is 1. The lowest BCUT2D eigenvalue weighted by molar-refractivity contribution is 0.0746. The number of rotatable bonds is 4. The van der Waals surface area contributed by atoms with Crippen molar-refractivity contribution in [3.63, 3.8) is 0 Å². The van der Waals surface area contributed by atoms with Gasteiger partial charge in [0.2, 0.25) is 0 Å². The normalized spacial score (nSPS) is 23.5. The number of halogens is 1. The number of hydrogen-bond acceptors (Lipinski definition) is 2. The predicted octanol–water partition coefficient (Wildman–Crippen LogP) is 3.69. The molecule has 0 radical (unpaired) electrons. The summed E-state index contributed by atoms with van der Waals surface area (Å²) in [5.41, 5.74) is 1.64. The Labute approximate surface area is 122 Å². The Bertz CT molecular complexity index is 398. The van der Waals surface area contributed by atoms with Crippen molar-refractivity contribution in [2.75, 3.05) is 13.1 Å². The molecule has 3 heteroatoms. The highest BCUT2D eigenvalue weighted by Crippen LogP contribution is 2.24. The van der Waals surface area contributed by atoms with Gasteiger partial charge in [-0.25, -0.2) is 0 Å². The van der Waals surface area contributed by atoms with Crippen LogP contribution in [-0.2, 0) is 6.54 Å². The van der Waals surface area contributed by atoms with Gasteiger partial charge in [-0.2, -0.15) is 0 Å². The van der Waals surface area contributed by atoms with Crippen molar-refractivity contribution in [2.24, 2.45) is 0 Å². The maximum absolute atomic E-state index is 5.95. The Morgan fingerprint density at radius 1 is 1.26 bits per heavy atom. The molecule has 1 aromatic carbocycles. The number of nitrogens with zero attached hydrogens (tertiary/aromatic N) is 1. The monoisotopic (exact) mass is 280 g/mol. The molecule has 0 spiro atoms. The van der Waals surface area contributed by atoms with E-state index in [2.05, 4.69) is 43.1 Å². The zero-order valence-corrected chi connectivity index (χ0v) is 13.0. The highest BCUT2D eigenvalue weighted by atomic mass is 35.5. The molecule has 1 heterocycles. The minimum absolute atomic E-state index is 0.291. The van der Waals surface area contributed by atoms with Gasteiger partial charge in [-0.3, -0.25) is 4.90 Å². The molecule has 0 aromatic heterocycles. The second kappa shape index (κ2) is 6.25. The van der Waals surface area contributed by atoms with E-state index in [1.165, 1.54) is 18.4 Å². The first-order valence-corrected chi connectivity index (χ1v) is 7.70. The molecular weight excluding hydrogens is 256 g/mol. The van der Waals surface area contributed by atoms with Gasteiger partial charge in [0, 0.05) is 36.2 Å². The van der Waals surface area contributed by atoms with Crippen molar-refractivity contribution in [1.82, 2.24) is 10.2 Å². The van der Waals surface area contributed by atoms with Gasteiger partial charge in [-0.1, -0.05) is 37.6 Å². The first-order chi connectivity index (χ1) is 9.08. The van der Waals surface area contributed by atoms with Gasteiger partial charge in [0.15, 0.2) is 0 Å². The fraction of sp³-hybridized carbons (Fsp3) is 0.625. The summed E-state index contributed by atoms with van der Waals surface area (Å²) in [5.74, 6) is 0. The minimum Gasteiger partial charge on any atom is -0.308 e. The van der Waals surface area contributed by atoms with Gasteiger partial charge >= 0.3 is 0 Å². The Morgan fingerprint density at radius 2 is 1.89 bits per heavy atom. The van der Waals surface area contributed by atoms with E-state index in [0.29, 0.717) is 11.6 Å². The van der Waals surface area contributed by atoms with Crippen molar-refractivity contribution in [3.8, 4) is 0 Å². The molecule has 2 nitrogen and oxygen atoms in total. The molecule has 1 N–H and O–H groups in total. The second-order valence-electron chi connectivity index (χ2n) is 5.75. The molecule has 1 unspecified atom stereocenters. The molecule has 1 aliphatic rings. The highest BCUT2D eigenvalue weighted by molar-refractivity contribution is 6.30. The fourth-order valence-electron chi connectivity index (χ4n) is 2.85. The van der Waals surface area contributed by atoms with Gasteiger partial charge in [-0.05, 0) is 37.5 Å². The largest absolute Gasteiger partial charge is 0.308 e. The first kappa shape index (κ1) is 14.8. The quantitative estimate of drug-likeness (QED) is 0.905. The van der Waals surface area contributed by atoms with E-state index in [1.807, 2.05) is 12.1 Å². The Balaban J connectivity index is 2.07. The van der Waals surface area contributed by atoms with E-state index in [1.54, 1.807) is 0 Å². The standard InChI is InChI=1S/C16H25ClN2/c1-4-16(5-2)12-19(13(3)10-18-16)11-14-6-8-15(17)9-7-14/h6-9,13,18H,4-5,10-12H2,1-3H3. The number of hydrogen-bond donors (Lipinski definition) is 1. The summed E-state index contributed by atoms with van der Waals surface area (Å²) in [6.07, 6.45) is 2.38. The molecule has 2 rings (SSSR count). The van der Waals surface area contributed by atoms with Crippen LogP contribution in [0.4, 0.5) is 0 Å². The summed E-state index contributed by atoms with van der Waals surface area (Å²) >= 11 is 5.95. The number of piperazine rings is 1. The molecule has 1 fully saturated rings. The van der Waals surface area contributed by atoms with Gasteiger partial charge in [-0.15, -0.1) is 0 Å². The average Bonchev–Trinajstić information content (AvgIpc) is 2.44. The Morgan fingerprint density at radius 3 is 2.47 bits per heavy atom. The van der Waals surface area contributed by atoms with Crippen LogP contribution in [0.1, 0.15) is 39.2 Å².